The number of nitrogens with zero attached hydrogens (tertiary/aromatic N) is 1. The fraction of sp³-hybridized carbons (Fsp3) is 0.444. The standard InChI is InChI=1S/C9H13ClN2O/c1-6(11-2)7-4-8(10)12-9(5-7)13-3/h4-6,11H,1-3H3/t6-/m0/s1. The molecule has 1 heterocycles. The molecule has 0 unspecified atom stereocenters. The Morgan fingerprint density at radius 2 is 2.23 bits per heavy atom. The van der Waals surface area contributed by atoms with Crippen LogP contribution in [0.1, 0.15) is 18.5 Å². The second kappa shape index (κ2) is 4.44. The molecule has 13 heavy (non-hydrogen) atoms. The van der Waals surface area contributed by atoms with Gasteiger partial charge in [0.1, 0.15) is 5.15 Å². The predicted molar refractivity (Wildman–Crippen MR) is 53.3 cm³/mol. The maximum atomic E-state index is 5.81. The zero-order valence-corrected chi connectivity index (χ0v) is 8.72. The van der Waals surface area contributed by atoms with Crippen molar-refractivity contribution in [3.63, 3.8) is 0 Å². The molecule has 4 heteroatoms. The van der Waals surface area contributed by atoms with Crippen LogP contribution in [0.2, 0.25) is 5.15 Å². The average Bonchev–Trinajstić information content (AvgIpc) is 2.15. The van der Waals surface area contributed by atoms with Crippen LogP contribution < -0.4 is 10.1 Å². The summed E-state index contributed by atoms with van der Waals surface area (Å²) in [6.07, 6.45) is 0. The maximum Gasteiger partial charge on any atom is 0.214 e. The largest absolute Gasteiger partial charge is 0.481 e. The Morgan fingerprint density at radius 1 is 1.54 bits per heavy atom. The summed E-state index contributed by atoms with van der Waals surface area (Å²) < 4.78 is 5.01. The Labute approximate surface area is 83.1 Å². The van der Waals surface area contributed by atoms with Crippen LogP contribution in [0, 0.1) is 0 Å². The van der Waals surface area contributed by atoms with Crippen molar-refractivity contribution in [1.29, 1.82) is 0 Å². The molecule has 0 saturated carbocycles. The van der Waals surface area contributed by atoms with E-state index < -0.39 is 0 Å². The summed E-state index contributed by atoms with van der Waals surface area (Å²) in [4.78, 5) is 3.98. The molecule has 72 valence electrons. The zero-order chi connectivity index (χ0) is 9.84. The fourth-order valence-electron chi connectivity index (χ4n) is 1.01. The van der Waals surface area contributed by atoms with E-state index in [2.05, 4.69) is 10.3 Å². The van der Waals surface area contributed by atoms with Crippen molar-refractivity contribution in [2.45, 2.75) is 13.0 Å². The Kier molecular flexibility index (Phi) is 3.51. The lowest BCUT2D eigenvalue weighted by molar-refractivity contribution is 0.396. The van der Waals surface area contributed by atoms with E-state index in [1.54, 1.807) is 7.11 Å². The number of aromatic nitrogens is 1. The molecule has 1 aromatic heterocycles. The number of hydrogen-bond acceptors (Lipinski definition) is 3. The van der Waals surface area contributed by atoms with Gasteiger partial charge in [0.2, 0.25) is 5.88 Å². The molecule has 1 atom stereocenters. The van der Waals surface area contributed by atoms with Crippen molar-refractivity contribution in [3.8, 4) is 5.88 Å². The lowest BCUT2D eigenvalue weighted by atomic mass is 10.1. The lowest BCUT2D eigenvalue weighted by Gasteiger charge is -2.11. The van der Waals surface area contributed by atoms with Crippen LogP contribution in [-0.2, 0) is 0 Å². The second-order valence-electron chi connectivity index (χ2n) is 2.78. The predicted octanol–water partition coefficient (Wildman–Crippen LogP) is 2.02. The Morgan fingerprint density at radius 3 is 2.77 bits per heavy atom. The van der Waals surface area contributed by atoms with E-state index in [1.165, 1.54) is 0 Å². The highest BCUT2D eigenvalue weighted by Crippen LogP contribution is 2.20. The third-order valence-electron chi connectivity index (χ3n) is 1.94. The molecule has 0 aliphatic carbocycles. The molecule has 1 rings (SSSR count). The summed E-state index contributed by atoms with van der Waals surface area (Å²) in [6.45, 7) is 2.05. The molecule has 3 nitrogen and oxygen atoms in total. The minimum atomic E-state index is 0.245. The first-order valence-electron chi connectivity index (χ1n) is 4.06. The highest BCUT2D eigenvalue weighted by Gasteiger charge is 2.06. The molecule has 0 fully saturated rings. The molecule has 0 amide bonds. The molecule has 0 bridgehead atoms. The van der Waals surface area contributed by atoms with Gasteiger partial charge in [0, 0.05) is 12.1 Å². The summed E-state index contributed by atoms with van der Waals surface area (Å²) in [5, 5.41) is 3.57. The highest BCUT2D eigenvalue weighted by atomic mass is 35.5. The monoisotopic (exact) mass is 200 g/mol. The molecule has 0 radical (unpaired) electrons. The summed E-state index contributed by atoms with van der Waals surface area (Å²) in [6, 6.07) is 3.94. The Bertz CT molecular complexity index is 291. The van der Waals surface area contributed by atoms with Gasteiger partial charge in [-0.3, -0.25) is 0 Å². The van der Waals surface area contributed by atoms with Gasteiger partial charge in [-0.15, -0.1) is 0 Å². The minimum absolute atomic E-state index is 0.245. The van der Waals surface area contributed by atoms with Crippen LogP contribution in [0.4, 0.5) is 0 Å². The third-order valence-corrected chi connectivity index (χ3v) is 2.13. The van der Waals surface area contributed by atoms with Gasteiger partial charge in [0.05, 0.1) is 7.11 Å². The number of hydrogen-bond donors (Lipinski definition) is 1. The van der Waals surface area contributed by atoms with Crippen LogP contribution in [0.3, 0.4) is 0 Å². The van der Waals surface area contributed by atoms with E-state index >= 15 is 0 Å². The molecular weight excluding hydrogens is 188 g/mol. The van der Waals surface area contributed by atoms with Gasteiger partial charge >= 0.3 is 0 Å². The van der Waals surface area contributed by atoms with Crippen LogP contribution in [0.5, 0.6) is 5.88 Å². The first kappa shape index (κ1) is 10.3. The van der Waals surface area contributed by atoms with Crippen molar-refractivity contribution in [1.82, 2.24) is 10.3 Å². The number of methoxy groups -OCH3 is 1. The van der Waals surface area contributed by atoms with Crippen molar-refractivity contribution < 1.29 is 4.74 Å². The summed E-state index contributed by atoms with van der Waals surface area (Å²) in [5.41, 5.74) is 1.07. The number of ether oxygens (including phenoxy) is 1. The quantitative estimate of drug-likeness (QED) is 0.759. The highest BCUT2D eigenvalue weighted by molar-refractivity contribution is 6.29. The van der Waals surface area contributed by atoms with Gasteiger partial charge in [-0.2, -0.15) is 0 Å². The van der Waals surface area contributed by atoms with Crippen molar-refractivity contribution >= 4 is 11.6 Å². The Hall–Kier alpha value is -0.800. The van der Waals surface area contributed by atoms with Gasteiger partial charge < -0.3 is 10.1 Å². The lowest BCUT2D eigenvalue weighted by Crippen LogP contribution is -2.12. The summed E-state index contributed by atoms with van der Waals surface area (Å²) >= 11 is 5.81. The number of halogens is 1. The molecule has 1 N–H and O–H groups in total. The molecule has 0 aliphatic heterocycles. The number of rotatable bonds is 3. The van der Waals surface area contributed by atoms with E-state index in [-0.39, 0.29) is 6.04 Å². The van der Waals surface area contributed by atoms with Crippen LogP contribution in [0.15, 0.2) is 12.1 Å². The zero-order valence-electron chi connectivity index (χ0n) is 7.97. The van der Waals surface area contributed by atoms with Gasteiger partial charge in [-0.05, 0) is 25.6 Å². The molecule has 0 spiro atoms. The van der Waals surface area contributed by atoms with Crippen LogP contribution in [0.25, 0.3) is 0 Å². The summed E-state index contributed by atoms with van der Waals surface area (Å²) in [5.74, 6) is 0.546. The molecule has 0 saturated heterocycles. The third kappa shape index (κ3) is 2.57. The van der Waals surface area contributed by atoms with Gasteiger partial charge in [-0.1, -0.05) is 11.6 Å². The van der Waals surface area contributed by atoms with Gasteiger partial charge in [-0.25, -0.2) is 4.98 Å². The molecule has 0 aliphatic rings. The number of pyridine rings is 1. The summed E-state index contributed by atoms with van der Waals surface area (Å²) in [7, 11) is 3.47. The molecule has 0 aromatic carbocycles. The van der Waals surface area contributed by atoms with E-state index in [4.69, 9.17) is 16.3 Å². The smallest absolute Gasteiger partial charge is 0.214 e. The first-order valence-corrected chi connectivity index (χ1v) is 4.44. The maximum absolute atomic E-state index is 5.81. The number of nitrogens with one attached hydrogen (secondary N) is 1. The van der Waals surface area contributed by atoms with E-state index in [9.17, 15) is 0 Å². The van der Waals surface area contributed by atoms with Crippen LogP contribution in [-0.4, -0.2) is 19.1 Å². The van der Waals surface area contributed by atoms with Crippen molar-refractivity contribution in [3.05, 3.63) is 22.8 Å². The topological polar surface area (TPSA) is 34.2 Å². The van der Waals surface area contributed by atoms with Gasteiger partial charge in [0.15, 0.2) is 0 Å². The van der Waals surface area contributed by atoms with Crippen LogP contribution >= 0.6 is 11.6 Å². The average molecular weight is 201 g/mol. The first-order chi connectivity index (χ1) is 6.17. The normalized spacial score (nSPS) is 12.6. The van der Waals surface area contributed by atoms with E-state index in [0.29, 0.717) is 11.0 Å². The van der Waals surface area contributed by atoms with Gasteiger partial charge in [0.25, 0.3) is 0 Å². The minimum Gasteiger partial charge on any atom is -0.481 e. The van der Waals surface area contributed by atoms with E-state index in [0.717, 1.165) is 5.56 Å². The SMILES string of the molecule is CN[C@@H](C)c1cc(Cl)nc(OC)c1. The van der Waals surface area contributed by atoms with Crippen molar-refractivity contribution in [2.24, 2.45) is 0 Å². The second-order valence-corrected chi connectivity index (χ2v) is 3.16. The Balaban J connectivity index is 3.01. The fourth-order valence-corrected chi connectivity index (χ4v) is 1.22. The molecular formula is C9H13ClN2O. The molecule has 1 aromatic rings. The van der Waals surface area contributed by atoms with E-state index in [1.807, 2.05) is 26.1 Å². The van der Waals surface area contributed by atoms with Crippen molar-refractivity contribution in [2.75, 3.05) is 14.2 Å².